The van der Waals surface area contributed by atoms with Gasteiger partial charge < -0.3 is 24.0 Å². The van der Waals surface area contributed by atoms with Crippen molar-refractivity contribution >= 4 is 17.7 Å². The molecular weight excluding hydrogens is 460 g/mol. The Hall–Kier alpha value is -3.33. The lowest BCUT2D eigenvalue weighted by atomic mass is 10.0. The number of esters is 1. The predicted octanol–water partition coefficient (Wildman–Crippen LogP) is 3.15. The van der Waals surface area contributed by atoms with E-state index in [1.54, 1.807) is 33.4 Å². The van der Waals surface area contributed by atoms with Gasteiger partial charge in [-0.25, -0.2) is 9.78 Å². The first-order chi connectivity index (χ1) is 17.5. The molecule has 0 radical (unpaired) electrons. The van der Waals surface area contributed by atoms with Crippen LogP contribution in [0.5, 0.6) is 11.5 Å². The Morgan fingerprint density at radius 1 is 1.00 bits per heavy atom. The van der Waals surface area contributed by atoms with Crippen LogP contribution in [0.4, 0.5) is 5.82 Å². The maximum atomic E-state index is 13.4. The van der Waals surface area contributed by atoms with Gasteiger partial charge in [-0.15, -0.1) is 0 Å². The number of pyridine rings is 1. The van der Waals surface area contributed by atoms with Crippen molar-refractivity contribution in [1.82, 2.24) is 14.8 Å². The largest absolute Gasteiger partial charge is 0.497 e. The molecule has 0 saturated carbocycles. The summed E-state index contributed by atoms with van der Waals surface area (Å²) in [5.41, 5.74) is 1.49. The molecule has 2 aromatic rings. The van der Waals surface area contributed by atoms with Crippen LogP contribution in [-0.2, 0) is 9.53 Å². The molecule has 1 unspecified atom stereocenters. The fraction of sp³-hybridized carbons (Fsp3) is 0.519. The van der Waals surface area contributed by atoms with Crippen molar-refractivity contribution in [3.05, 3.63) is 47.7 Å². The number of hydrogen-bond donors (Lipinski definition) is 0. The van der Waals surface area contributed by atoms with Gasteiger partial charge in [0.25, 0.3) is 0 Å². The number of anilines is 1. The van der Waals surface area contributed by atoms with Crippen LogP contribution in [0.25, 0.3) is 0 Å². The first-order valence-corrected chi connectivity index (χ1v) is 12.7. The maximum Gasteiger partial charge on any atom is 0.339 e. The average molecular weight is 497 g/mol. The highest BCUT2D eigenvalue weighted by molar-refractivity contribution is 5.89. The maximum absolute atomic E-state index is 13.4. The van der Waals surface area contributed by atoms with E-state index in [0.717, 1.165) is 74.9 Å². The second-order valence-corrected chi connectivity index (χ2v) is 9.10. The Bertz CT molecular complexity index is 1040. The van der Waals surface area contributed by atoms with E-state index < -0.39 is 0 Å². The molecular formula is C27H36N4O5. The molecule has 2 aliphatic rings. The van der Waals surface area contributed by atoms with Crippen LogP contribution in [-0.4, -0.2) is 86.8 Å². The topological polar surface area (TPSA) is 84.4 Å². The van der Waals surface area contributed by atoms with E-state index in [-0.39, 0.29) is 17.9 Å². The SMILES string of the molecule is CCOC(=O)c1ccc(N2CCCN(CC(=O)N3CCCC3c3ccc(OC)cc3OC)CC2)nc1. The summed E-state index contributed by atoms with van der Waals surface area (Å²) >= 11 is 0. The van der Waals surface area contributed by atoms with Gasteiger partial charge in [-0.05, 0) is 50.5 Å². The van der Waals surface area contributed by atoms with Gasteiger partial charge in [-0.2, -0.15) is 0 Å². The number of nitrogens with zero attached hydrogens (tertiary/aromatic N) is 4. The van der Waals surface area contributed by atoms with Crippen molar-refractivity contribution < 1.29 is 23.8 Å². The summed E-state index contributed by atoms with van der Waals surface area (Å²) < 4.78 is 16.0. The number of likely N-dealkylation sites (tertiary alicyclic amines) is 1. The highest BCUT2D eigenvalue weighted by Gasteiger charge is 2.33. The molecule has 4 rings (SSSR count). The fourth-order valence-electron chi connectivity index (χ4n) is 5.03. The van der Waals surface area contributed by atoms with Crippen molar-refractivity contribution in [2.24, 2.45) is 0 Å². The number of ether oxygens (including phenoxy) is 3. The van der Waals surface area contributed by atoms with Crippen LogP contribution in [0.2, 0.25) is 0 Å². The zero-order valence-corrected chi connectivity index (χ0v) is 21.4. The third kappa shape index (κ3) is 5.90. The van der Waals surface area contributed by atoms with Crippen LogP contribution in [0.1, 0.15) is 48.1 Å². The first kappa shape index (κ1) is 25.8. The lowest BCUT2D eigenvalue weighted by molar-refractivity contribution is -0.133. The van der Waals surface area contributed by atoms with Crippen LogP contribution in [0.3, 0.4) is 0 Å². The molecule has 9 nitrogen and oxygen atoms in total. The van der Waals surface area contributed by atoms with Crippen LogP contribution >= 0.6 is 0 Å². The number of carbonyl (C=O) groups excluding carboxylic acids is 2. The van der Waals surface area contributed by atoms with Gasteiger partial charge in [0.15, 0.2) is 0 Å². The molecule has 0 spiro atoms. The normalized spacial score (nSPS) is 18.6. The third-order valence-electron chi connectivity index (χ3n) is 6.90. The number of amides is 1. The Morgan fingerprint density at radius 3 is 2.58 bits per heavy atom. The van der Waals surface area contributed by atoms with E-state index >= 15 is 0 Å². The molecule has 36 heavy (non-hydrogen) atoms. The highest BCUT2D eigenvalue weighted by Crippen LogP contribution is 2.38. The van der Waals surface area contributed by atoms with Gasteiger partial charge in [-0.3, -0.25) is 9.69 Å². The van der Waals surface area contributed by atoms with Crippen LogP contribution < -0.4 is 14.4 Å². The molecule has 0 N–H and O–H groups in total. The monoisotopic (exact) mass is 496 g/mol. The van der Waals surface area contributed by atoms with E-state index in [4.69, 9.17) is 14.2 Å². The van der Waals surface area contributed by atoms with Gasteiger partial charge in [0.1, 0.15) is 17.3 Å². The lowest BCUT2D eigenvalue weighted by Gasteiger charge is -2.29. The fourth-order valence-corrected chi connectivity index (χ4v) is 5.03. The Labute approximate surface area is 212 Å². The summed E-state index contributed by atoms with van der Waals surface area (Å²) in [6.45, 7) is 6.54. The zero-order valence-electron chi connectivity index (χ0n) is 21.4. The molecule has 194 valence electrons. The highest BCUT2D eigenvalue weighted by atomic mass is 16.5. The van der Waals surface area contributed by atoms with E-state index in [1.165, 1.54) is 0 Å². The van der Waals surface area contributed by atoms with Crippen LogP contribution in [0, 0.1) is 0 Å². The number of benzene rings is 1. The van der Waals surface area contributed by atoms with Crippen molar-refractivity contribution in [1.29, 1.82) is 0 Å². The van der Waals surface area contributed by atoms with Gasteiger partial charge in [0.2, 0.25) is 5.91 Å². The van der Waals surface area contributed by atoms with Crippen molar-refractivity contribution in [3.8, 4) is 11.5 Å². The van der Waals surface area contributed by atoms with Gasteiger partial charge in [0, 0.05) is 50.6 Å². The molecule has 2 aliphatic heterocycles. The lowest BCUT2D eigenvalue weighted by Crippen LogP contribution is -2.41. The standard InChI is InChI=1S/C27H36N4O5/c1-4-36-27(33)20-8-11-25(28-18-20)30-13-6-12-29(15-16-30)19-26(32)31-14-5-7-23(31)22-10-9-21(34-2)17-24(22)35-3/h8-11,17-18,23H,4-7,12-16,19H2,1-3H3. The minimum Gasteiger partial charge on any atom is -0.497 e. The van der Waals surface area contributed by atoms with Gasteiger partial charge >= 0.3 is 5.97 Å². The summed E-state index contributed by atoms with van der Waals surface area (Å²) in [5, 5.41) is 0. The molecule has 0 aliphatic carbocycles. The second-order valence-electron chi connectivity index (χ2n) is 9.10. The molecule has 1 aromatic heterocycles. The Balaban J connectivity index is 1.36. The van der Waals surface area contributed by atoms with E-state index in [1.807, 2.05) is 29.2 Å². The van der Waals surface area contributed by atoms with E-state index in [2.05, 4.69) is 14.8 Å². The van der Waals surface area contributed by atoms with Crippen molar-refractivity contribution in [3.63, 3.8) is 0 Å². The quantitative estimate of drug-likeness (QED) is 0.516. The minimum absolute atomic E-state index is 0.0175. The molecule has 2 fully saturated rings. The number of hydrogen-bond acceptors (Lipinski definition) is 8. The van der Waals surface area contributed by atoms with Crippen LogP contribution in [0.15, 0.2) is 36.5 Å². The van der Waals surface area contributed by atoms with E-state index in [9.17, 15) is 9.59 Å². The molecule has 9 heteroatoms. The summed E-state index contributed by atoms with van der Waals surface area (Å²) in [4.78, 5) is 36.2. The molecule has 2 saturated heterocycles. The molecule has 3 heterocycles. The number of aromatic nitrogens is 1. The zero-order chi connectivity index (χ0) is 25.5. The van der Waals surface area contributed by atoms with Crippen molar-refractivity contribution in [2.75, 3.05) is 65.0 Å². The second kappa shape index (κ2) is 12.1. The third-order valence-corrected chi connectivity index (χ3v) is 6.90. The van der Waals surface area contributed by atoms with E-state index in [0.29, 0.717) is 18.7 Å². The number of rotatable bonds is 8. The molecule has 0 bridgehead atoms. The summed E-state index contributed by atoms with van der Waals surface area (Å²) in [6, 6.07) is 9.46. The molecule has 1 aromatic carbocycles. The summed E-state index contributed by atoms with van der Waals surface area (Å²) in [5.74, 6) is 2.13. The summed E-state index contributed by atoms with van der Waals surface area (Å²) in [6.07, 6.45) is 4.41. The number of carbonyl (C=O) groups is 2. The number of methoxy groups -OCH3 is 2. The predicted molar refractivity (Wildman–Crippen MR) is 137 cm³/mol. The van der Waals surface area contributed by atoms with Gasteiger partial charge in [-0.1, -0.05) is 0 Å². The Morgan fingerprint density at radius 2 is 1.86 bits per heavy atom. The smallest absolute Gasteiger partial charge is 0.339 e. The first-order valence-electron chi connectivity index (χ1n) is 12.7. The Kier molecular flexibility index (Phi) is 8.64. The molecule has 1 atom stereocenters. The minimum atomic E-state index is -0.357. The van der Waals surface area contributed by atoms with Crippen molar-refractivity contribution in [2.45, 2.75) is 32.2 Å². The average Bonchev–Trinajstić information content (AvgIpc) is 3.28. The molecule has 1 amide bonds. The summed E-state index contributed by atoms with van der Waals surface area (Å²) in [7, 11) is 3.29. The van der Waals surface area contributed by atoms with Gasteiger partial charge in [0.05, 0.1) is 39.0 Å².